The van der Waals surface area contributed by atoms with Crippen LogP contribution in [0.4, 0.5) is 0 Å². The zero-order chi connectivity index (χ0) is 13.1. The number of nitriles is 1. The minimum Gasteiger partial charge on any atom is -0.488 e. The zero-order valence-corrected chi connectivity index (χ0v) is 10.9. The van der Waals surface area contributed by atoms with Gasteiger partial charge >= 0.3 is 0 Å². The second kappa shape index (κ2) is 5.05. The third-order valence-corrected chi connectivity index (χ3v) is 1.72. The molecule has 0 aliphatic heterocycles. The molecule has 1 aromatic heterocycles. The fourth-order valence-corrected chi connectivity index (χ4v) is 1.26. The van der Waals surface area contributed by atoms with Gasteiger partial charge in [0.25, 0.3) is 0 Å². The van der Waals surface area contributed by atoms with Gasteiger partial charge in [0, 0.05) is 6.07 Å². The van der Waals surface area contributed by atoms with Gasteiger partial charge < -0.3 is 9.47 Å². The summed E-state index contributed by atoms with van der Waals surface area (Å²) in [6.07, 6.45) is 1.53. The quantitative estimate of drug-likeness (QED) is 0.806. The van der Waals surface area contributed by atoms with E-state index in [-0.39, 0.29) is 17.4 Å². The normalized spacial score (nSPS) is 11.1. The van der Waals surface area contributed by atoms with Crippen LogP contribution in [-0.4, -0.2) is 16.7 Å². The van der Waals surface area contributed by atoms with Crippen molar-refractivity contribution in [3.63, 3.8) is 0 Å². The molecule has 0 saturated carbocycles. The van der Waals surface area contributed by atoms with E-state index in [1.54, 1.807) is 6.07 Å². The molecule has 92 valence electrons. The third-order valence-electron chi connectivity index (χ3n) is 1.72. The van der Waals surface area contributed by atoms with Crippen molar-refractivity contribution in [1.82, 2.24) is 4.98 Å². The molecular weight excluding hydrogens is 216 g/mol. The van der Waals surface area contributed by atoms with E-state index in [0.717, 1.165) is 0 Å². The molecule has 4 heteroatoms. The molecule has 17 heavy (non-hydrogen) atoms. The summed E-state index contributed by atoms with van der Waals surface area (Å²) in [7, 11) is 0. The monoisotopic (exact) mass is 234 g/mol. The Balaban J connectivity index is 3.01. The molecule has 0 N–H and O–H groups in total. The number of rotatable bonds is 3. The van der Waals surface area contributed by atoms with Gasteiger partial charge in [-0.25, -0.2) is 4.98 Å². The van der Waals surface area contributed by atoms with Gasteiger partial charge in [0.05, 0.1) is 12.3 Å². The Hall–Kier alpha value is -1.76. The molecule has 0 saturated heterocycles. The van der Waals surface area contributed by atoms with Crippen LogP contribution in [-0.2, 0) is 0 Å². The SMILES string of the molecule is CC(C)Oc1cc(OC(C)(C)C)cnc1C#N. The van der Waals surface area contributed by atoms with Gasteiger partial charge in [-0.15, -0.1) is 0 Å². The number of hydrogen-bond acceptors (Lipinski definition) is 4. The smallest absolute Gasteiger partial charge is 0.182 e. The Labute approximate surface area is 102 Å². The molecule has 0 spiro atoms. The van der Waals surface area contributed by atoms with E-state index >= 15 is 0 Å². The van der Waals surface area contributed by atoms with E-state index in [9.17, 15) is 0 Å². The number of pyridine rings is 1. The summed E-state index contributed by atoms with van der Waals surface area (Å²) < 4.78 is 11.2. The van der Waals surface area contributed by atoms with Crippen molar-refractivity contribution in [1.29, 1.82) is 5.26 Å². The Morgan fingerprint density at radius 2 is 2.00 bits per heavy atom. The largest absolute Gasteiger partial charge is 0.488 e. The van der Waals surface area contributed by atoms with Gasteiger partial charge in [-0.1, -0.05) is 0 Å². The Morgan fingerprint density at radius 3 is 2.47 bits per heavy atom. The number of aromatic nitrogens is 1. The minimum absolute atomic E-state index is 0.00575. The lowest BCUT2D eigenvalue weighted by molar-refractivity contribution is 0.129. The lowest BCUT2D eigenvalue weighted by Crippen LogP contribution is -2.23. The van der Waals surface area contributed by atoms with Crippen molar-refractivity contribution in [2.24, 2.45) is 0 Å². The van der Waals surface area contributed by atoms with E-state index in [0.29, 0.717) is 11.5 Å². The summed E-state index contributed by atoms with van der Waals surface area (Å²) in [5, 5.41) is 8.92. The van der Waals surface area contributed by atoms with Crippen molar-refractivity contribution in [3.8, 4) is 17.6 Å². The maximum atomic E-state index is 8.92. The summed E-state index contributed by atoms with van der Waals surface area (Å²) in [6.45, 7) is 9.66. The highest BCUT2D eigenvalue weighted by atomic mass is 16.5. The number of nitrogens with zero attached hydrogens (tertiary/aromatic N) is 2. The van der Waals surface area contributed by atoms with E-state index in [2.05, 4.69) is 4.98 Å². The molecule has 0 aromatic carbocycles. The summed E-state index contributed by atoms with van der Waals surface area (Å²) in [6, 6.07) is 3.70. The predicted octanol–water partition coefficient (Wildman–Crippen LogP) is 2.92. The lowest BCUT2D eigenvalue weighted by Gasteiger charge is -2.21. The number of ether oxygens (including phenoxy) is 2. The van der Waals surface area contributed by atoms with Gasteiger partial charge in [-0.2, -0.15) is 5.26 Å². The van der Waals surface area contributed by atoms with E-state index in [1.807, 2.05) is 40.7 Å². The molecule has 1 heterocycles. The van der Waals surface area contributed by atoms with Crippen molar-refractivity contribution in [2.45, 2.75) is 46.3 Å². The molecule has 0 aliphatic rings. The molecule has 0 unspecified atom stereocenters. The topological polar surface area (TPSA) is 55.1 Å². The highest BCUT2D eigenvalue weighted by Crippen LogP contribution is 2.25. The molecular formula is C13H18N2O2. The van der Waals surface area contributed by atoms with E-state index in [4.69, 9.17) is 14.7 Å². The average Bonchev–Trinajstić information content (AvgIpc) is 2.14. The highest BCUT2D eigenvalue weighted by molar-refractivity contribution is 5.41. The van der Waals surface area contributed by atoms with Crippen LogP contribution in [0.25, 0.3) is 0 Å². The third kappa shape index (κ3) is 4.31. The van der Waals surface area contributed by atoms with Crippen LogP contribution in [0.15, 0.2) is 12.3 Å². The van der Waals surface area contributed by atoms with Crippen LogP contribution in [0.3, 0.4) is 0 Å². The molecule has 0 amide bonds. The van der Waals surface area contributed by atoms with Crippen LogP contribution in [0.5, 0.6) is 11.5 Å². The first-order valence-electron chi connectivity index (χ1n) is 5.57. The zero-order valence-electron chi connectivity index (χ0n) is 10.9. The highest BCUT2D eigenvalue weighted by Gasteiger charge is 2.15. The second-order valence-electron chi connectivity index (χ2n) is 5.01. The molecule has 1 aromatic rings. The molecule has 1 rings (SSSR count). The van der Waals surface area contributed by atoms with Crippen molar-refractivity contribution >= 4 is 0 Å². The summed E-state index contributed by atoms with van der Waals surface area (Å²) >= 11 is 0. The van der Waals surface area contributed by atoms with Crippen LogP contribution < -0.4 is 9.47 Å². The fraction of sp³-hybridized carbons (Fsp3) is 0.538. The van der Waals surface area contributed by atoms with Crippen LogP contribution >= 0.6 is 0 Å². The van der Waals surface area contributed by atoms with E-state index < -0.39 is 0 Å². The van der Waals surface area contributed by atoms with E-state index in [1.165, 1.54) is 6.20 Å². The van der Waals surface area contributed by atoms with Crippen LogP contribution in [0.2, 0.25) is 0 Å². The Bertz CT molecular complexity index is 428. The predicted molar refractivity (Wildman–Crippen MR) is 65.1 cm³/mol. The summed E-state index contributed by atoms with van der Waals surface area (Å²) in [5.74, 6) is 1.07. The summed E-state index contributed by atoms with van der Waals surface area (Å²) in [5.41, 5.74) is -0.0229. The first-order chi connectivity index (χ1) is 7.81. The molecule has 0 radical (unpaired) electrons. The van der Waals surface area contributed by atoms with Crippen LogP contribution in [0, 0.1) is 11.3 Å². The molecule has 0 aliphatic carbocycles. The minimum atomic E-state index is -0.301. The van der Waals surface area contributed by atoms with Gasteiger partial charge in [0.1, 0.15) is 17.4 Å². The first kappa shape index (κ1) is 13.3. The Morgan fingerprint density at radius 1 is 1.35 bits per heavy atom. The molecule has 4 nitrogen and oxygen atoms in total. The maximum absolute atomic E-state index is 8.92. The van der Waals surface area contributed by atoms with Crippen molar-refractivity contribution < 1.29 is 9.47 Å². The first-order valence-corrected chi connectivity index (χ1v) is 5.57. The van der Waals surface area contributed by atoms with Crippen LogP contribution in [0.1, 0.15) is 40.3 Å². The molecule has 0 bridgehead atoms. The fourth-order valence-electron chi connectivity index (χ4n) is 1.26. The second-order valence-corrected chi connectivity index (χ2v) is 5.01. The van der Waals surface area contributed by atoms with Gasteiger partial charge in [0.15, 0.2) is 11.4 Å². The van der Waals surface area contributed by atoms with Crippen molar-refractivity contribution in [2.75, 3.05) is 0 Å². The molecule has 0 fully saturated rings. The Kier molecular flexibility index (Phi) is 3.95. The maximum Gasteiger partial charge on any atom is 0.182 e. The van der Waals surface area contributed by atoms with Gasteiger partial charge in [-0.3, -0.25) is 0 Å². The van der Waals surface area contributed by atoms with Gasteiger partial charge in [-0.05, 0) is 34.6 Å². The lowest BCUT2D eigenvalue weighted by atomic mass is 10.2. The van der Waals surface area contributed by atoms with Gasteiger partial charge in [0.2, 0.25) is 0 Å². The standard InChI is InChI=1S/C13H18N2O2/c1-9(2)16-12-6-10(17-13(3,4)5)8-15-11(12)7-14/h6,8-9H,1-5H3. The number of hydrogen-bond donors (Lipinski definition) is 0. The van der Waals surface area contributed by atoms with Crippen molar-refractivity contribution in [3.05, 3.63) is 18.0 Å². The summed E-state index contributed by atoms with van der Waals surface area (Å²) in [4.78, 5) is 4.02. The molecule has 0 atom stereocenters. The average molecular weight is 234 g/mol.